The van der Waals surface area contributed by atoms with Gasteiger partial charge in [0.05, 0.1) is 0 Å². The van der Waals surface area contributed by atoms with Crippen molar-refractivity contribution in [1.29, 1.82) is 0 Å². The quantitative estimate of drug-likeness (QED) is 0.830. The van der Waals surface area contributed by atoms with Crippen LogP contribution in [0.5, 0.6) is 0 Å². The molecule has 3 nitrogen and oxygen atoms in total. The smallest absolute Gasteiger partial charge is 0.273 e. The van der Waals surface area contributed by atoms with Gasteiger partial charge in [0.15, 0.2) is 0 Å². The molecule has 0 radical (unpaired) electrons. The molecule has 3 heteroatoms. The lowest BCUT2D eigenvalue weighted by atomic mass is 9.95. The van der Waals surface area contributed by atoms with Crippen LogP contribution in [0.25, 0.3) is 0 Å². The predicted molar refractivity (Wildman–Crippen MR) is 66.9 cm³/mol. The lowest BCUT2D eigenvalue weighted by Crippen LogP contribution is -2.29. The number of hydrogen-bond acceptors (Lipinski definition) is 2. The van der Waals surface area contributed by atoms with E-state index in [1.165, 1.54) is 32.1 Å². The average molecular weight is 220 g/mol. The van der Waals surface area contributed by atoms with Crippen molar-refractivity contribution < 1.29 is 0 Å². The topological polar surface area (TPSA) is 34.0 Å². The van der Waals surface area contributed by atoms with Crippen molar-refractivity contribution in [3.05, 3.63) is 28.2 Å². The number of aryl methyl sites for hydroxylation is 2. The molecule has 0 spiro atoms. The summed E-state index contributed by atoms with van der Waals surface area (Å²) in [5.41, 5.74) is 1.93. The molecule has 1 saturated carbocycles. The highest BCUT2D eigenvalue weighted by atomic mass is 16.1. The van der Waals surface area contributed by atoms with Crippen LogP contribution in [-0.4, -0.2) is 10.6 Å². The van der Waals surface area contributed by atoms with Crippen molar-refractivity contribution in [2.24, 2.45) is 7.05 Å². The second-order valence-corrected chi connectivity index (χ2v) is 4.77. The Bertz CT molecular complexity index is 416. The first-order valence-electron chi connectivity index (χ1n) is 6.11. The van der Waals surface area contributed by atoms with Gasteiger partial charge in [-0.15, -0.1) is 0 Å². The summed E-state index contributed by atoms with van der Waals surface area (Å²) in [5, 5.41) is 3.42. The van der Waals surface area contributed by atoms with Gasteiger partial charge in [0.2, 0.25) is 0 Å². The summed E-state index contributed by atoms with van der Waals surface area (Å²) in [6, 6.07) is 2.48. The standard InChI is InChI=1S/C13H20N2O/c1-10-8-9-15(2)13(16)12(10)14-11-6-4-3-5-7-11/h8-9,11,14H,3-7H2,1-2H3. The summed E-state index contributed by atoms with van der Waals surface area (Å²) in [4.78, 5) is 12.0. The van der Waals surface area contributed by atoms with Gasteiger partial charge in [0.1, 0.15) is 5.69 Å². The molecule has 1 fully saturated rings. The molecule has 0 aromatic carbocycles. The maximum absolute atomic E-state index is 12.0. The van der Waals surface area contributed by atoms with Crippen LogP contribution in [0.1, 0.15) is 37.7 Å². The van der Waals surface area contributed by atoms with E-state index in [1.54, 1.807) is 11.6 Å². The molecule has 1 heterocycles. The van der Waals surface area contributed by atoms with Gasteiger partial charge in [-0.3, -0.25) is 4.79 Å². The highest BCUT2D eigenvalue weighted by Gasteiger charge is 2.15. The molecule has 0 saturated heterocycles. The minimum atomic E-state index is 0.0885. The number of rotatable bonds is 2. The molecule has 1 aromatic heterocycles. The van der Waals surface area contributed by atoms with Gasteiger partial charge in [-0.05, 0) is 31.4 Å². The van der Waals surface area contributed by atoms with E-state index in [2.05, 4.69) is 5.32 Å². The Labute approximate surface area is 96.5 Å². The lowest BCUT2D eigenvalue weighted by molar-refractivity contribution is 0.462. The molecule has 16 heavy (non-hydrogen) atoms. The average Bonchev–Trinajstić information content (AvgIpc) is 2.31. The Kier molecular flexibility index (Phi) is 3.32. The Morgan fingerprint density at radius 3 is 2.69 bits per heavy atom. The SMILES string of the molecule is Cc1ccn(C)c(=O)c1NC1CCCCC1. The lowest BCUT2D eigenvalue weighted by Gasteiger charge is -2.24. The highest BCUT2D eigenvalue weighted by molar-refractivity contribution is 5.49. The number of nitrogens with zero attached hydrogens (tertiary/aromatic N) is 1. The van der Waals surface area contributed by atoms with Gasteiger partial charge in [-0.25, -0.2) is 0 Å². The van der Waals surface area contributed by atoms with E-state index in [1.807, 2.05) is 19.2 Å². The van der Waals surface area contributed by atoms with Gasteiger partial charge in [0.25, 0.3) is 5.56 Å². The minimum absolute atomic E-state index is 0.0885. The van der Waals surface area contributed by atoms with E-state index in [0.29, 0.717) is 6.04 Å². The Balaban J connectivity index is 2.20. The van der Waals surface area contributed by atoms with Crippen molar-refractivity contribution in [3.63, 3.8) is 0 Å². The van der Waals surface area contributed by atoms with Crippen LogP contribution in [0, 0.1) is 6.92 Å². The largest absolute Gasteiger partial charge is 0.378 e. The maximum atomic E-state index is 12.0. The minimum Gasteiger partial charge on any atom is -0.378 e. The highest BCUT2D eigenvalue weighted by Crippen LogP contribution is 2.21. The summed E-state index contributed by atoms with van der Waals surface area (Å²) in [7, 11) is 1.80. The Morgan fingerprint density at radius 2 is 2.00 bits per heavy atom. The fourth-order valence-corrected chi connectivity index (χ4v) is 2.35. The summed E-state index contributed by atoms with van der Waals surface area (Å²) >= 11 is 0. The third-order valence-corrected chi connectivity index (χ3v) is 3.43. The van der Waals surface area contributed by atoms with Crippen LogP contribution >= 0.6 is 0 Å². The molecule has 1 N–H and O–H groups in total. The fraction of sp³-hybridized carbons (Fsp3) is 0.615. The first-order chi connectivity index (χ1) is 7.68. The van der Waals surface area contributed by atoms with Gasteiger partial charge < -0.3 is 9.88 Å². The summed E-state index contributed by atoms with van der Waals surface area (Å²) in [5.74, 6) is 0. The second kappa shape index (κ2) is 4.73. The summed E-state index contributed by atoms with van der Waals surface area (Å²) < 4.78 is 1.64. The summed E-state index contributed by atoms with van der Waals surface area (Å²) in [6.07, 6.45) is 8.11. The molecular formula is C13H20N2O. The first-order valence-corrected chi connectivity index (χ1v) is 6.11. The van der Waals surface area contributed by atoms with E-state index < -0.39 is 0 Å². The van der Waals surface area contributed by atoms with Crippen LogP contribution in [0.4, 0.5) is 5.69 Å². The van der Waals surface area contributed by atoms with Crippen LogP contribution in [-0.2, 0) is 7.05 Å². The zero-order chi connectivity index (χ0) is 11.5. The number of hydrogen-bond donors (Lipinski definition) is 1. The monoisotopic (exact) mass is 220 g/mol. The van der Waals surface area contributed by atoms with Crippen molar-refractivity contribution in [3.8, 4) is 0 Å². The third-order valence-electron chi connectivity index (χ3n) is 3.43. The van der Waals surface area contributed by atoms with Gasteiger partial charge >= 0.3 is 0 Å². The van der Waals surface area contributed by atoms with Crippen molar-refractivity contribution in [2.75, 3.05) is 5.32 Å². The molecule has 0 unspecified atom stereocenters. The molecular weight excluding hydrogens is 200 g/mol. The Hall–Kier alpha value is -1.25. The molecule has 0 atom stereocenters. The van der Waals surface area contributed by atoms with E-state index in [4.69, 9.17) is 0 Å². The van der Waals surface area contributed by atoms with Gasteiger partial charge in [0, 0.05) is 19.3 Å². The molecule has 0 aliphatic heterocycles. The fourth-order valence-electron chi connectivity index (χ4n) is 2.35. The first kappa shape index (κ1) is 11.2. The maximum Gasteiger partial charge on any atom is 0.273 e. The number of aromatic nitrogens is 1. The molecule has 1 aliphatic carbocycles. The molecule has 1 aromatic rings. The zero-order valence-corrected chi connectivity index (χ0v) is 10.1. The van der Waals surface area contributed by atoms with Crippen LogP contribution < -0.4 is 10.9 Å². The molecule has 1 aliphatic rings. The van der Waals surface area contributed by atoms with E-state index in [-0.39, 0.29) is 5.56 Å². The van der Waals surface area contributed by atoms with Gasteiger partial charge in [-0.2, -0.15) is 0 Å². The van der Waals surface area contributed by atoms with E-state index >= 15 is 0 Å². The van der Waals surface area contributed by atoms with Crippen LogP contribution in [0.15, 0.2) is 17.1 Å². The van der Waals surface area contributed by atoms with Crippen molar-refractivity contribution >= 4 is 5.69 Å². The van der Waals surface area contributed by atoms with Crippen molar-refractivity contribution in [2.45, 2.75) is 45.1 Å². The molecule has 88 valence electrons. The second-order valence-electron chi connectivity index (χ2n) is 4.77. The van der Waals surface area contributed by atoms with Crippen LogP contribution in [0.2, 0.25) is 0 Å². The predicted octanol–water partition coefficient (Wildman–Crippen LogP) is 2.44. The normalized spacial score (nSPS) is 17.4. The molecule has 2 rings (SSSR count). The molecule has 0 amide bonds. The number of pyridine rings is 1. The number of anilines is 1. The van der Waals surface area contributed by atoms with E-state index in [0.717, 1.165) is 11.3 Å². The van der Waals surface area contributed by atoms with Crippen molar-refractivity contribution in [1.82, 2.24) is 4.57 Å². The van der Waals surface area contributed by atoms with Gasteiger partial charge in [-0.1, -0.05) is 19.3 Å². The summed E-state index contributed by atoms with van der Waals surface area (Å²) in [6.45, 7) is 1.99. The number of nitrogens with one attached hydrogen (secondary N) is 1. The third kappa shape index (κ3) is 2.29. The molecule has 0 bridgehead atoms. The van der Waals surface area contributed by atoms with E-state index in [9.17, 15) is 4.79 Å². The Morgan fingerprint density at radius 1 is 1.31 bits per heavy atom. The zero-order valence-electron chi connectivity index (χ0n) is 10.1. The van der Waals surface area contributed by atoms with Crippen LogP contribution in [0.3, 0.4) is 0 Å².